The number of amides is 1. The number of ether oxygens (including phenoxy) is 1. The minimum Gasteiger partial charge on any atom is -0.466 e. The van der Waals surface area contributed by atoms with E-state index in [9.17, 15) is 19.8 Å². The molecule has 0 spiro atoms. The molecule has 0 aliphatic rings. The minimum atomic E-state index is -0.659. The number of unbranched alkanes of at least 4 members (excludes halogenated alkanes) is 47. The normalized spacial score (nSPS) is 12.6. The molecule has 1 amide bonds. The molecule has 70 heavy (non-hydrogen) atoms. The Morgan fingerprint density at radius 1 is 0.386 bits per heavy atom. The minimum absolute atomic E-state index is 0.0114. The SMILES string of the molecule is CCCCCCCC/C=C\CCCCCCCC(=O)OCCCCCCCCCCCCCCCCCCCCCCCCCCCCCCC(=O)NC(CO)C(O)CCCCCCCCCCCC. The van der Waals surface area contributed by atoms with Crippen molar-refractivity contribution in [3.05, 3.63) is 12.2 Å². The van der Waals surface area contributed by atoms with E-state index in [2.05, 4.69) is 31.3 Å². The number of aliphatic hydroxyl groups excluding tert-OH is 2. The molecule has 0 aliphatic carbocycles. The summed E-state index contributed by atoms with van der Waals surface area (Å²) in [5, 5.41) is 23.2. The molecule has 0 radical (unpaired) electrons. The van der Waals surface area contributed by atoms with Gasteiger partial charge in [-0.2, -0.15) is 0 Å². The highest BCUT2D eigenvalue weighted by Crippen LogP contribution is 2.18. The highest BCUT2D eigenvalue weighted by Gasteiger charge is 2.20. The van der Waals surface area contributed by atoms with E-state index in [0.29, 0.717) is 25.9 Å². The second-order valence-corrected chi connectivity index (χ2v) is 22.1. The van der Waals surface area contributed by atoms with E-state index in [1.165, 1.54) is 283 Å². The lowest BCUT2D eigenvalue weighted by molar-refractivity contribution is -0.143. The van der Waals surface area contributed by atoms with Crippen LogP contribution in [0.5, 0.6) is 0 Å². The molecule has 416 valence electrons. The van der Waals surface area contributed by atoms with Crippen molar-refractivity contribution in [2.45, 2.75) is 373 Å². The van der Waals surface area contributed by atoms with Crippen LogP contribution in [0.2, 0.25) is 0 Å². The summed E-state index contributed by atoms with van der Waals surface area (Å²) in [7, 11) is 0. The van der Waals surface area contributed by atoms with Gasteiger partial charge < -0.3 is 20.3 Å². The Morgan fingerprint density at radius 3 is 1.01 bits per heavy atom. The molecule has 0 saturated heterocycles. The molecule has 0 aromatic heterocycles. The van der Waals surface area contributed by atoms with Gasteiger partial charge in [0.15, 0.2) is 0 Å². The van der Waals surface area contributed by atoms with Gasteiger partial charge in [0.25, 0.3) is 0 Å². The van der Waals surface area contributed by atoms with E-state index in [1.807, 2.05) is 0 Å². The topological polar surface area (TPSA) is 95.9 Å². The first-order valence-corrected chi connectivity index (χ1v) is 31.9. The van der Waals surface area contributed by atoms with Crippen LogP contribution in [0.25, 0.3) is 0 Å². The second-order valence-electron chi connectivity index (χ2n) is 22.1. The number of esters is 1. The van der Waals surface area contributed by atoms with Crippen molar-refractivity contribution in [3.8, 4) is 0 Å². The second kappa shape index (κ2) is 60.2. The van der Waals surface area contributed by atoms with Crippen molar-refractivity contribution in [2.24, 2.45) is 0 Å². The predicted molar refractivity (Wildman–Crippen MR) is 306 cm³/mol. The summed E-state index contributed by atoms with van der Waals surface area (Å²) in [4.78, 5) is 24.5. The monoisotopic (exact) mass is 988 g/mol. The smallest absolute Gasteiger partial charge is 0.305 e. The first-order chi connectivity index (χ1) is 34.5. The molecule has 2 atom stereocenters. The van der Waals surface area contributed by atoms with Gasteiger partial charge in [0.05, 0.1) is 25.4 Å². The fraction of sp³-hybridized carbons (Fsp3) is 0.938. The maximum atomic E-state index is 12.4. The van der Waals surface area contributed by atoms with Gasteiger partial charge in [-0.25, -0.2) is 0 Å². The van der Waals surface area contributed by atoms with Gasteiger partial charge in [0.1, 0.15) is 0 Å². The molecule has 0 saturated carbocycles. The van der Waals surface area contributed by atoms with Crippen LogP contribution >= 0.6 is 0 Å². The van der Waals surface area contributed by atoms with Crippen LogP contribution in [0.4, 0.5) is 0 Å². The molecule has 0 heterocycles. The first-order valence-electron chi connectivity index (χ1n) is 31.9. The zero-order valence-electron chi connectivity index (χ0n) is 47.5. The van der Waals surface area contributed by atoms with Gasteiger partial charge in [-0.3, -0.25) is 9.59 Å². The van der Waals surface area contributed by atoms with Crippen molar-refractivity contribution in [1.29, 1.82) is 0 Å². The Balaban J connectivity index is 3.31. The van der Waals surface area contributed by atoms with E-state index >= 15 is 0 Å². The zero-order valence-corrected chi connectivity index (χ0v) is 47.5. The maximum Gasteiger partial charge on any atom is 0.305 e. The zero-order chi connectivity index (χ0) is 50.7. The number of allylic oxidation sites excluding steroid dienone is 2. The highest BCUT2D eigenvalue weighted by molar-refractivity contribution is 5.76. The van der Waals surface area contributed by atoms with Crippen molar-refractivity contribution in [1.82, 2.24) is 5.32 Å². The number of rotatable bonds is 60. The lowest BCUT2D eigenvalue weighted by Gasteiger charge is -2.22. The van der Waals surface area contributed by atoms with Gasteiger partial charge in [0.2, 0.25) is 5.91 Å². The van der Waals surface area contributed by atoms with Crippen molar-refractivity contribution in [2.75, 3.05) is 13.2 Å². The van der Waals surface area contributed by atoms with E-state index in [1.54, 1.807) is 0 Å². The lowest BCUT2D eigenvalue weighted by Crippen LogP contribution is -2.45. The quantitative estimate of drug-likeness (QED) is 0.0321. The Kier molecular flexibility index (Phi) is 59.0. The Bertz CT molecular complexity index is 1050. The van der Waals surface area contributed by atoms with Gasteiger partial charge in [-0.05, 0) is 51.4 Å². The lowest BCUT2D eigenvalue weighted by atomic mass is 10.0. The third-order valence-electron chi connectivity index (χ3n) is 15.1. The van der Waals surface area contributed by atoms with Crippen LogP contribution in [0.3, 0.4) is 0 Å². The predicted octanol–water partition coefficient (Wildman–Crippen LogP) is 20.0. The Labute approximate surface area is 438 Å². The van der Waals surface area contributed by atoms with Gasteiger partial charge in [-0.15, -0.1) is 0 Å². The maximum absolute atomic E-state index is 12.4. The van der Waals surface area contributed by atoms with Crippen LogP contribution in [-0.4, -0.2) is 47.4 Å². The number of carbonyl (C=O) groups excluding carboxylic acids is 2. The third-order valence-corrected chi connectivity index (χ3v) is 15.1. The van der Waals surface area contributed by atoms with Crippen LogP contribution < -0.4 is 5.32 Å². The Morgan fingerprint density at radius 2 is 0.671 bits per heavy atom. The summed E-state index contributed by atoms with van der Waals surface area (Å²) >= 11 is 0. The largest absolute Gasteiger partial charge is 0.466 e. The molecule has 2 unspecified atom stereocenters. The van der Waals surface area contributed by atoms with E-state index in [0.717, 1.165) is 44.9 Å². The summed E-state index contributed by atoms with van der Waals surface area (Å²) in [6.45, 7) is 4.95. The number of nitrogens with one attached hydrogen (secondary N) is 1. The van der Waals surface area contributed by atoms with Crippen LogP contribution in [0.15, 0.2) is 12.2 Å². The van der Waals surface area contributed by atoms with Gasteiger partial charge in [-0.1, -0.05) is 309 Å². The molecule has 0 aliphatic heterocycles. The molecule has 0 bridgehead atoms. The highest BCUT2D eigenvalue weighted by atomic mass is 16.5. The van der Waals surface area contributed by atoms with Crippen molar-refractivity contribution >= 4 is 11.9 Å². The van der Waals surface area contributed by atoms with E-state index in [4.69, 9.17) is 4.74 Å². The summed E-state index contributed by atoms with van der Waals surface area (Å²) in [6.07, 6.45) is 72.5. The molecule has 6 heteroatoms. The van der Waals surface area contributed by atoms with E-state index in [-0.39, 0.29) is 18.5 Å². The number of aliphatic hydroxyl groups is 2. The number of hydrogen-bond acceptors (Lipinski definition) is 5. The van der Waals surface area contributed by atoms with Crippen molar-refractivity contribution < 1.29 is 24.5 Å². The van der Waals surface area contributed by atoms with Crippen LogP contribution in [0, 0.1) is 0 Å². The van der Waals surface area contributed by atoms with Crippen molar-refractivity contribution in [3.63, 3.8) is 0 Å². The summed E-state index contributed by atoms with van der Waals surface area (Å²) in [6, 6.07) is -0.536. The molecular formula is C64H125NO5. The molecule has 6 nitrogen and oxygen atoms in total. The van der Waals surface area contributed by atoms with E-state index < -0.39 is 12.1 Å². The average molecular weight is 989 g/mol. The van der Waals surface area contributed by atoms with Crippen LogP contribution in [0.1, 0.15) is 361 Å². The molecule has 0 fully saturated rings. The fourth-order valence-corrected chi connectivity index (χ4v) is 10.2. The molecule has 3 N–H and O–H groups in total. The standard InChI is InChI=1S/C64H125NO5/c1-3-5-7-9-11-13-15-16-31-35-38-42-46-50-54-58-64(69)70-59-55-51-47-43-39-36-33-30-28-26-24-22-20-18-17-19-21-23-25-27-29-32-34-37-41-45-49-53-57-63(68)65-61(60-66)62(67)56-52-48-44-40-14-12-10-8-6-4-2/h16,31,61-62,66-67H,3-15,17-30,32-60H2,1-2H3,(H,65,68)/b31-16-. The summed E-state index contributed by atoms with van der Waals surface area (Å²) in [5.41, 5.74) is 0. The molecule has 0 rings (SSSR count). The summed E-state index contributed by atoms with van der Waals surface area (Å²) < 4.78 is 5.49. The number of carbonyl (C=O) groups is 2. The molecular weight excluding hydrogens is 863 g/mol. The average Bonchev–Trinajstić information content (AvgIpc) is 3.36. The third kappa shape index (κ3) is 55.9. The van der Waals surface area contributed by atoms with Crippen LogP contribution in [-0.2, 0) is 14.3 Å². The fourth-order valence-electron chi connectivity index (χ4n) is 10.2. The molecule has 0 aromatic rings. The number of hydrogen-bond donors (Lipinski definition) is 3. The first kappa shape index (κ1) is 68.6. The molecule has 0 aromatic carbocycles. The summed E-state index contributed by atoms with van der Waals surface area (Å²) in [5.74, 6) is -0.0205. The van der Waals surface area contributed by atoms with Gasteiger partial charge >= 0.3 is 5.97 Å². The Hall–Kier alpha value is -1.40. The van der Waals surface area contributed by atoms with Gasteiger partial charge in [0, 0.05) is 12.8 Å².